The first-order valence-electron chi connectivity index (χ1n) is 7.83. The van der Waals surface area contributed by atoms with Crippen molar-refractivity contribution in [2.24, 2.45) is 0 Å². The predicted octanol–water partition coefficient (Wildman–Crippen LogP) is 5.37. The number of carbonyl (C=O) groups excluding carboxylic acids is 1. The highest BCUT2D eigenvalue weighted by atomic mass is 35.5. The number of likely N-dealkylation sites (N-methyl/N-ethyl adjacent to an activating group) is 1. The Morgan fingerprint density at radius 2 is 1.89 bits per heavy atom. The lowest BCUT2D eigenvalue weighted by Gasteiger charge is -2.22. The monoisotopic (exact) mass is 447 g/mol. The molecule has 3 aromatic rings. The summed E-state index contributed by atoms with van der Waals surface area (Å²) in [6.07, 6.45) is 0. The standard InChI is InChI=1S/C18H16Cl2FN3OS.ClH/c1-23(2)7-8-24(17(25)13-5-3-11(19)9-14(13)20)18-22-15-6-4-12(21)10-16(15)26-18;/h3-6,9-10H,7-8H2,1-2H3;1H. The highest BCUT2D eigenvalue weighted by Gasteiger charge is 2.23. The molecule has 27 heavy (non-hydrogen) atoms. The van der Waals surface area contributed by atoms with Crippen molar-refractivity contribution >= 4 is 68.2 Å². The minimum atomic E-state index is -0.334. The minimum Gasteiger partial charge on any atom is -0.308 e. The first-order chi connectivity index (χ1) is 12.3. The molecule has 144 valence electrons. The molecule has 1 aromatic heterocycles. The van der Waals surface area contributed by atoms with Gasteiger partial charge in [-0.2, -0.15) is 0 Å². The summed E-state index contributed by atoms with van der Waals surface area (Å²) in [5, 5.41) is 1.25. The third-order valence-corrected chi connectivity index (χ3v) is 5.34. The van der Waals surface area contributed by atoms with Crippen LogP contribution < -0.4 is 4.90 Å². The molecule has 0 saturated heterocycles. The van der Waals surface area contributed by atoms with Crippen LogP contribution in [0.4, 0.5) is 9.52 Å². The van der Waals surface area contributed by atoms with Crippen molar-refractivity contribution in [2.45, 2.75) is 0 Å². The van der Waals surface area contributed by atoms with E-state index in [0.717, 1.165) is 0 Å². The molecule has 0 fully saturated rings. The van der Waals surface area contributed by atoms with Gasteiger partial charge in [0.25, 0.3) is 5.91 Å². The fourth-order valence-corrected chi connectivity index (χ4v) is 3.90. The average Bonchev–Trinajstić information content (AvgIpc) is 2.97. The maximum Gasteiger partial charge on any atom is 0.261 e. The number of rotatable bonds is 5. The van der Waals surface area contributed by atoms with E-state index in [-0.39, 0.29) is 29.2 Å². The summed E-state index contributed by atoms with van der Waals surface area (Å²) in [5.74, 6) is -0.604. The van der Waals surface area contributed by atoms with E-state index in [2.05, 4.69) is 4.98 Å². The summed E-state index contributed by atoms with van der Waals surface area (Å²) in [4.78, 5) is 21.1. The van der Waals surface area contributed by atoms with E-state index in [0.29, 0.717) is 39.0 Å². The second-order valence-corrected chi connectivity index (χ2v) is 7.85. The van der Waals surface area contributed by atoms with Crippen LogP contribution in [0.25, 0.3) is 10.2 Å². The molecule has 0 bridgehead atoms. The van der Waals surface area contributed by atoms with Gasteiger partial charge < -0.3 is 4.90 Å². The van der Waals surface area contributed by atoms with Gasteiger partial charge in [-0.15, -0.1) is 12.4 Å². The molecule has 3 rings (SSSR count). The van der Waals surface area contributed by atoms with Gasteiger partial charge in [-0.3, -0.25) is 9.69 Å². The molecule has 0 N–H and O–H groups in total. The quantitative estimate of drug-likeness (QED) is 0.526. The van der Waals surface area contributed by atoms with Crippen LogP contribution >= 0.6 is 46.9 Å². The maximum absolute atomic E-state index is 13.5. The van der Waals surface area contributed by atoms with Crippen molar-refractivity contribution in [3.8, 4) is 0 Å². The number of thiazole rings is 1. The number of benzene rings is 2. The Balaban J connectivity index is 0.00000261. The topological polar surface area (TPSA) is 36.4 Å². The number of aromatic nitrogens is 1. The molecule has 1 amide bonds. The van der Waals surface area contributed by atoms with Crippen LogP contribution in [0, 0.1) is 5.82 Å². The number of hydrogen-bond donors (Lipinski definition) is 0. The normalized spacial score (nSPS) is 10.9. The summed E-state index contributed by atoms with van der Waals surface area (Å²) < 4.78 is 14.2. The van der Waals surface area contributed by atoms with Crippen molar-refractivity contribution in [1.82, 2.24) is 9.88 Å². The lowest BCUT2D eigenvalue weighted by atomic mass is 10.2. The van der Waals surface area contributed by atoms with Gasteiger partial charge in [-0.1, -0.05) is 34.5 Å². The molecule has 0 spiro atoms. The molecule has 0 atom stereocenters. The zero-order valence-electron chi connectivity index (χ0n) is 14.6. The first-order valence-corrected chi connectivity index (χ1v) is 9.40. The van der Waals surface area contributed by atoms with Crippen molar-refractivity contribution in [1.29, 1.82) is 0 Å². The van der Waals surface area contributed by atoms with Crippen LogP contribution in [0.15, 0.2) is 36.4 Å². The molecule has 0 aliphatic rings. The van der Waals surface area contributed by atoms with Gasteiger partial charge in [0.2, 0.25) is 0 Å². The van der Waals surface area contributed by atoms with Gasteiger partial charge in [0.15, 0.2) is 5.13 Å². The van der Waals surface area contributed by atoms with E-state index in [4.69, 9.17) is 23.2 Å². The van der Waals surface area contributed by atoms with E-state index in [1.165, 1.54) is 29.5 Å². The zero-order chi connectivity index (χ0) is 18.8. The molecule has 0 radical (unpaired) electrons. The Labute approximate surface area is 176 Å². The summed E-state index contributed by atoms with van der Waals surface area (Å²) in [6.45, 7) is 1.06. The number of nitrogens with zero attached hydrogens (tertiary/aromatic N) is 3. The van der Waals surface area contributed by atoms with Crippen molar-refractivity contribution in [3.63, 3.8) is 0 Å². The number of anilines is 1. The smallest absolute Gasteiger partial charge is 0.261 e. The molecule has 0 saturated carbocycles. The number of fused-ring (bicyclic) bond motifs is 1. The Morgan fingerprint density at radius 3 is 2.56 bits per heavy atom. The second kappa shape index (κ2) is 9.17. The van der Waals surface area contributed by atoms with E-state index in [1.54, 1.807) is 23.1 Å². The second-order valence-electron chi connectivity index (χ2n) is 5.99. The van der Waals surface area contributed by atoms with Gasteiger partial charge in [0.05, 0.1) is 20.8 Å². The number of hydrogen-bond acceptors (Lipinski definition) is 4. The highest BCUT2D eigenvalue weighted by molar-refractivity contribution is 7.22. The Kier molecular flexibility index (Phi) is 7.42. The Morgan fingerprint density at radius 1 is 1.15 bits per heavy atom. The van der Waals surface area contributed by atoms with Gasteiger partial charge >= 0.3 is 0 Å². The lowest BCUT2D eigenvalue weighted by molar-refractivity contribution is 0.0985. The minimum absolute atomic E-state index is 0. The van der Waals surface area contributed by atoms with Gasteiger partial charge in [-0.25, -0.2) is 9.37 Å². The van der Waals surface area contributed by atoms with Crippen LogP contribution in [0.3, 0.4) is 0 Å². The fourth-order valence-electron chi connectivity index (χ4n) is 2.39. The Hall–Kier alpha value is -1.44. The van der Waals surface area contributed by atoms with Crippen LogP contribution in [-0.2, 0) is 0 Å². The first kappa shape index (κ1) is 21.9. The largest absolute Gasteiger partial charge is 0.308 e. The molecule has 0 unspecified atom stereocenters. The molecule has 1 heterocycles. The zero-order valence-corrected chi connectivity index (χ0v) is 17.7. The van der Waals surface area contributed by atoms with Crippen molar-refractivity contribution in [3.05, 3.63) is 57.8 Å². The molecular weight excluding hydrogens is 432 g/mol. The molecular formula is C18H17Cl3FN3OS. The summed E-state index contributed by atoms with van der Waals surface area (Å²) in [5.41, 5.74) is 0.997. The molecule has 4 nitrogen and oxygen atoms in total. The van der Waals surface area contributed by atoms with Gasteiger partial charge in [-0.05, 0) is 50.5 Å². The van der Waals surface area contributed by atoms with Gasteiger partial charge in [0.1, 0.15) is 5.82 Å². The number of halogens is 4. The number of carbonyl (C=O) groups is 1. The predicted molar refractivity (Wildman–Crippen MR) is 114 cm³/mol. The highest BCUT2D eigenvalue weighted by Crippen LogP contribution is 2.31. The summed E-state index contributed by atoms with van der Waals surface area (Å²) in [7, 11) is 3.84. The SMILES string of the molecule is CN(C)CCN(C(=O)c1ccc(Cl)cc1Cl)c1nc2ccc(F)cc2s1.Cl. The third kappa shape index (κ3) is 5.09. The molecule has 0 aliphatic carbocycles. The van der Waals surface area contributed by atoms with Crippen LogP contribution in [0.2, 0.25) is 10.0 Å². The van der Waals surface area contributed by atoms with Crippen LogP contribution in [-0.4, -0.2) is 43.0 Å². The lowest BCUT2D eigenvalue weighted by Crippen LogP contribution is -2.36. The van der Waals surface area contributed by atoms with Gasteiger partial charge in [0, 0.05) is 18.1 Å². The molecule has 9 heteroatoms. The number of amides is 1. The average molecular weight is 449 g/mol. The summed E-state index contributed by atoms with van der Waals surface area (Å²) in [6, 6.07) is 9.14. The fraction of sp³-hybridized carbons (Fsp3) is 0.222. The third-order valence-electron chi connectivity index (χ3n) is 3.75. The van der Waals surface area contributed by atoms with Crippen LogP contribution in [0.5, 0.6) is 0 Å². The van der Waals surface area contributed by atoms with E-state index in [1.807, 2.05) is 19.0 Å². The maximum atomic E-state index is 13.5. The van der Waals surface area contributed by atoms with Crippen molar-refractivity contribution in [2.75, 3.05) is 32.1 Å². The molecule has 0 aliphatic heterocycles. The van der Waals surface area contributed by atoms with Crippen LogP contribution in [0.1, 0.15) is 10.4 Å². The van der Waals surface area contributed by atoms with E-state index < -0.39 is 0 Å². The Bertz CT molecular complexity index is 964. The summed E-state index contributed by atoms with van der Waals surface area (Å²) >= 11 is 13.4. The van der Waals surface area contributed by atoms with E-state index >= 15 is 0 Å². The molecule has 2 aromatic carbocycles. The van der Waals surface area contributed by atoms with Crippen molar-refractivity contribution < 1.29 is 9.18 Å². The van der Waals surface area contributed by atoms with E-state index in [9.17, 15) is 9.18 Å².